The predicted molar refractivity (Wildman–Crippen MR) is 191 cm³/mol. The van der Waals surface area contributed by atoms with Crippen molar-refractivity contribution >= 4 is 17.7 Å². The van der Waals surface area contributed by atoms with Crippen molar-refractivity contribution in [1.82, 2.24) is 0 Å². The van der Waals surface area contributed by atoms with Gasteiger partial charge in [-0.25, -0.2) is 0 Å². The molecule has 3 aromatic carbocycles. The lowest BCUT2D eigenvalue weighted by atomic mass is 9.80. The van der Waals surface area contributed by atoms with Gasteiger partial charge in [0.25, 0.3) is 0 Å². The van der Waals surface area contributed by atoms with E-state index in [0.29, 0.717) is 55.5 Å². The number of ether oxygens (including phenoxy) is 7. The average molecular weight is 769 g/mol. The zero-order valence-corrected chi connectivity index (χ0v) is 30.3. The van der Waals surface area contributed by atoms with Crippen LogP contribution in [0.2, 0.25) is 0 Å². The average Bonchev–Trinajstić information content (AvgIpc) is 3.89. The van der Waals surface area contributed by atoms with Crippen molar-refractivity contribution in [2.24, 2.45) is 4.99 Å². The first-order valence-corrected chi connectivity index (χ1v) is 18.6. The maximum atomic E-state index is 11.9. The Bertz CT molecular complexity index is 2150. The molecular weight excluding hydrogens is 728 g/mol. The quantitative estimate of drug-likeness (QED) is 0.167. The molecule has 9 heterocycles. The molecule has 0 saturated carbocycles. The molecule has 6 bridgehead atoms. The number of aliphatic imine (C=N–C) groups is 1. The van der Waals surface area contributed by atoms with E-state index in [4.69, 9.17) is 33.2 Å². The Hall–Kier alpha value is -5.45. The minimum absolute atomic E-state index is 0.229. The van der Waals surface area contributed by atoms with E-state index in [1.165, 1.54) is 0 Å². The van der Waals surface area contributed by atoms with Crippen molar-refractivity contribution in [1.29, 1.82) is 0 Å². The van der Waals surface area contributed by atoms with E-state index in [1.807, 2.05) is 24.3 Å². The number of aliphatic hydroxyl groups excluding tert-OH is 3. The molecule has 1 fully saturated rings. The molecule has 9 aliphatic rings. The van der Waals surface area contributed by atoms with E-state index in [-0.39, 0.29) is 11.7 Å². The number of benzene rings is 3. The highest BCUT2D eigenvalue weighted by Gasteiger charge is 2.50. The number of allylic oxidation sites excluding steroid dienone is 1. The van der Waals surface area contributed by atoms with Gasteiger partial charge in [-0.05, 0) is 29.3 Å². The van der Waals surface area contributed by atoms with Crippen LogP contribution in [0.1, 0.15) is 46.3 Å². The number of hydrogen-bond donors (Lipinski definition) is 4. The van der Waals surface area contributed by atoms with Gasteiger partial charge in [0.2, 0.25) is 12.0 Å². The van der Waals surface area contributed by atoms with Gasteiger partial charge < -0.3 is 58.4 Å². The number of aliphatic hydroxyl groups is 3. The minimum Gasteiger partial charge on any atom is -0.550 e. The minimum atomic E-state index is -1.75. The van der Waals surface area contributed by atoms with Crippen LogP contribution in [0.25, 0.3) is 0 Å². The molecule has 3 aromatic rings. The van der Waals surface area contributed by atoms with Crippen molar-refractivity contribution in [2.45, 2.75) is 74.6 Å². The Morgan fingerprint density at radius 2 is 1.82 bits per heavy atom. The highest BCUT2D eigenvalue weighted by atomic mass is 16.7. The second-order valence-electron chi connectivity index (χ2n) is 14.7. The number of carbonyl (C=O) groups is 2. The molecule has 9 aliphatic heterocycles. The van der Waals surface area contributed by atoms with Crippen LogP contribution in [0.4, 0.5) is 0 Å². The van der Waals surface area contributed by atoms with E-state index in [0.717, 1.165) is 44.0 Å². The van der Waals surface area contributed by atoms with Crippen molar-refractivity contribution in [3.8, 4) is 28.7 Å². The summed E-state index contributed by atoms with van der Waals surface area (Å²) in [5.74, 6) is -0.555. The Morgan fingerprint density at radius 1 is 1.00 bits per heavy atom. The number of nitrogens with zero attached hydrogens (tertiary/aromatic N) is 1. The number of carbonyl (C=O) groups excluding carboxylic acids is 2. The standard InChI is InChI=1S/C41H40N2O13/c1-50-39-27-7-6-25-34-28(12-21-4-2-20(3-5-21)9-11-51-27)54-29-14-24(53-41-37(49)36(48)35(47)30(55-41)19-52-32(46)15-31(44)45)13-23(33(29)40(34)56-38(25)39)17-43-16-22-8-10-42-26(22)18-43/h2-8,10,13-14,16,28,30,34-37,40-41,47-49H,9,11-12,15,17-19H2,1H3,(H,44,45)/t28-,30+,34+,35+,36-,37+,40+,41-/m0/s1. The van der Waals surface area contributed by atoms with Crippen LogP contribution in [0.15, 0.2) is 77.6 Å². The highest BCUT2D eigenvalue weighted by Crippen LogP contribution is 2.59. The number of methoxy groups -OCH3 is 1. The molecule has 1 saturated heterocycles. The largest absolute Gasteiger partial charge is 0.550 e. The van der Waals surface area contributed by atoms with E-state index in [9.17, 15) is 30.0 Å². The zero-order chi connectivity index (χ0) is 38.7. The van der Waals surface area contributed by atoms with E-state index >= 15 is 0 Å². The summed E-state index contributed by atoms with van der Waals surface area (Å²) in [4.78, 5) is 28.4. The second kappa shape index (κ2) is 14.6. The summed E-state index contributed by atoms with van der Waals surface area (Å²) in [5, 5.41) is 43.2. The van der Waals surface area contributed by atoms with Gasteiger partial charge in [-0.15, -0.1) is 0 Å². The number of nitrogens with one attached hydrogen (secondary N) is 1. The number of aliphatic carboxylic acids is 1. The topological polar surface area (TPSA) is 199 Å². The van der Waals surface area contributed by atoms with Crippen LogP contribution in [0, 0.1) is 0 Å². The summed E-state index contributed by atoms with van der Waals surface area (Å²) in [6.07, 6.45) is -2.75. The summed E-state index contributed by atoms with van der Waals surface area (Å²) in [6.45, 7) is 0.978. The van der Waals surface area contributed by atoms with Gasteiger partial charge >= 0.3 is 5.97 Å². The molecule has 0 spiro atoms. The number of quaternary nitrogens is 1. The van der Waals surface area contributed by atoms with Gasteiger partial charge in [0, 0.05) is 41.8 Å². The molecule has 4 N–H and O–H groups in total. The van der Waals surface area contributed by atoms with Crippen molar-refractivity contribution in [2.75, 3.05) is 26.9 Å². The van der Waals surface area contributed by atoms with Crippen LogP contribution in [0.5, 0.6) is 28.7 Å². The summed E-state index contributed by atoms with van der Waals surface area (Å²) >= 11 is 0. The van der Waals surface area contributed by atoms with Gasteiger partial charge in [0.15, 0.2) is 11.5 Å². The molecule has 1 unspecified atom stereocenters. The number of esters is 1. The SMILES string of the molecule is COc1c2ccc3c1O[C@@H]1c4c(C[NH+]5C=C6C=CN=C6C5)cc(O[C@H]5O[C@H](COC(=O)CC(=O)[O-])[C@@H](O)[C@H](O)[C@H]5O)cc4O[C@@H](Cc4ccc(cc4)CCO2)[C@@H]31. The first-order chi connectivity index (χ1) is 27.1. The van der Waals surface area contributed by atoms with Crippen LogP contribution in [0.3, 0.4) is 0 Å². The molecule has 12 rings (SSSR count). The number of rotatable bonds is 9. The third kappa shape index (κ3) is 6.64. The summed E-state index contributed by atoms with van der Waals surface area (Å²) in [5.41, 5.74) is 6.84. The van der Waals surface area contributed by atoms with Crippen molar-refractivity contribution < 1.29 is 68.1 Å². The second-order valence-corrected chi connectivity index (χ2v) is 14.7. The Morgan fingerprint density at radius 3 is 2.61 bits per heavy atom. The molecule has 9 atom stereocenters. The van der Waals surface area contributed by atoms with Crippen LogP contribution in [-0.4, -0.2) is 96.6 Å². The normalized spacial score (nSPS) is 29.2. The van der Waals surface area contributed by atoms with Crippen molar-refractivity contribution in [3.63, 3.8) is 0 Å². The third-order valence-electron chi connectivity index (χ3n) is 11.1. The molecule has 0 aliphatic carbocycles. The van der Waals surface area contributed by atoms with Gasteiger partial charge in [0.1, 0.15) is 79.7 Å². The molecule has 0 aromatic heterocycles. The number of hydrogen-bond acceptors (Lipinski definition) is 14. The molecule has 292 valence electrons. The molecule has 56 heavy (non-hydrogen) atoms. The van der Waals surface area contributed by atoms with Gasteiger partial charge in [-0.1, -0.05) is 30.3 Å². The predicted octanol–water partition coefficient (Wildman–Crippen LogP) is -0.0286. The fourth-order valence-electron chi connectivity index (χ4n) is 8.43. The molecule has 0 amide bonds. The molecule has 0 radical (unpaired) electrons. The first-order valence-electron chi connectivity index (χ1n) is 18.6. The van der Waals surface area contributed by atoms with Gasteiger partial charge in [0.05, 0.1) is 37.6 Å². The Labute approximate surface area is 320 Å². The van der Waals surface area contributed by atoms with Crippen LogP contribution < -0.4 is 33.7 Å². The van der Waals surface area contributed by atoms with E-state index in [1.54, 1.807) is 19.4 Å². The molecule has 15 heteroatoms. The van der Waals surface area contributed by atoms with E-state index in [2.05, 4.69) is 35.5 Å². The zero-order valence-electron chi connectivity index (χ0n) is 30.3. The Balaban J connectivity index is 1.10. The monoisotopic (exact) mass is 768 g/mol. The lowest BCUT2D eigenvalue weighted by molar-refractivity contribution is -0.848. The lowest BCUT2D eigenvalue weighted by Crippen LogP contribution is -3.05. The van der Waals surface area contributed by atoms with Gasteiger partial charge in [-0.2, -0.15) is 0 Å². The Kier molecular flexibility index (Phi) is 9.42. The fraction of sp³-hybridized carbons (Fsp3) is 0.390. The fourth-order valence-corrected chi connectivity index (χ4v) is 8.43. The summed E-state index contributed by atoms with van der Waals surface area (Å²) in [6, 6.07) is 15.9. The first kappa shape index (κ1) is 36.2. The molecule has 15 nitrogen and oxygen atoms in total. The van der Waals surface area contributed by atoms with E-state index < -0.39 is 67.9 Å². The number of carboxylic acids is 1. The molecular formula is C41H40N2O13. The summed E-state index contributed by atoms with van der Waals surface area (Å²) in [7, 11) is 1.60. The lowest BCUT2D eigenvalue weighted by Gasteiger charge is -2.40. The number of fused-ring (bicyclic) bond motifs is 3. The van der Waals surface area contributed by atoms with Crippen LogP contribution in [-0.2, 0) is 38.4 Å². The van der Waals surface area contributed by atoms with Crippen molar-refractivity contribution in [3.05, 3.63) is 100 Å². The number of carboxylic acid groups (broad SMARTS) is 1. The maximum absolute atomic E-state index is 11.9. The third-order valence-corrected chi connectivity index (χ3v) is 11.1. The van der Waals surface area contributed by atoms with Gasteiger partial charge in [-0.3, -0.25) is 14.7 Å². The smallest absolute Gasteiger partial charge is 0.311 e. The summed E-state index contributed by atoms with van der Waals surface area (Å²) < 4.78 is 43.1. The highest BCUT2D eigenvalue weighted by molar-refractivity contribution is 6.06. The van der Waals surface area contributed by atoms with Crippen LogP contribution >= 0.6 is 0 Å². The maximum Gasteiger partial charge on any atom is 0.311 e.